The lowest BCUT2D eigenvalue weighted by molar-refractivity contribution is 0.649. The molecule has 62 valence electrons. The van der Waals surface area contributed by atoms with Crippen molar-refractivity contribution in [3.8, 4) is 0 Å². The summed E-state index contributed by atoms with van der Waals surface area (Å²) in [5.41, 5.74) is 1.89. The topological polar surface area (TPSA) is 64.7 Å². The van der Waals surface area contributed by atoms with E-state index in [1.54, 1.807) is 18.5 Å². The van der Waals surface area contributed by atoms with Gasteiger partial charge in [0.15, 0.2) is 5.52 Å². The van der Waals surface area contributed by atoms with Crippen LogP contribution < -0.4 is 0 Å². The summed E-state index contributed by atoms with van der Waals surface area (Å²) < 4.78 is 5.40. The van der Waals surface area contributed by atoms with Crippen molar-refractivity contribution < 1.29 is 4.42 Å². The van der Waals surface area contributed by atoms with Crippen molar-refractivity contribution in [3.63, 3.8) is 0 Å². The highest BCUT2D eigenvalue weighted by Gasteiger charge is 2.07. The molecular weight excluding hydrogens is 168 g/mol. The predicted octanol–water partition coefficient (Wildman–Crippen LogP) is 1.17. The molecule has 0 radical (unpaired) electrons. The Morgan fingerprint density at radius 2 is 2.31 bits per heavy atom. The highest BCUT2D eigenvalue weighted by Crippen LogP contribution is 2.22. The number of nitrogens with zero attached hydrogens (tertiary/aromatic N) is 4. The van der Waals surface area contributed by atoms with E-state index in [2.05, 4.69) is 20.2 Å². The molecule has 5 nitrogen and oxygen atoms in total. The van der Waals surface area contributed by atoms with Crippen molar-refractivity contribution in [2.24, 2.45) is 0 Å². The number of hydrogen-bond acceptors (Lipinski definition) is 5. The van der Waals surface area contributed by atoms with E-state index in [9.17, 15) is 0 Å². The largest absolute Gasteiger partial charge is 0.436 e. The van der Waals surface area contributed by atoms with Crippen LogP contribution in [0.5, 0.6) is 0 Å². The van der Waals surface area contributed by atoms with Crippen molar-refractivity contribution in [3.05, 3.63) is 24.8 Å². The first kappa shape index (κ1) is 6.47. The first-order valence-corrected chi connectivity index (χ1v) is 3.75. The molecule has 0 aromatic carbocycles. The number of aromatic nitrogens is 4. The molecule has 0 fully saturated rings. The molecule has 0 atom stereocenters. The molecule has 3 rings (SSSR count). The lowest BCUT2D eigenvalue weighted by Crippen LogP contribution is -1.81. The van der Waals surface area contributed by atoms with Gasteiger partial charge < -0.3 is 4.42 Å². The molecule has 3 aromatic rings. The minimum atomic E-state index is 0.498. The zero-order valence-electron chi connectivity index (χ0n) is 6.51. The number of pyridine rings is 1. The van der Waals surface area contributed by atoms with E-state index in [4.69, 9.17) is 4.42 Å². The number of hydrogen-bond donors (Lipinski definition) is 0. The van der Waals surface area contributed by atoms with Gasteiger partial charge in [0.25, 0.3) is 0 Å². The van der Waals surface area contributed by atoms with E-state index in [-0.39, 0.29) is 0 Å². The second-order valence-electron chi connectivity index (χ2n) is 2.59. The number of rotatable bonds is 0. The van der Waals surface area contributed by atoms with Crippen LogP contribution in [0.1, 0.15) is 0 Å². The van der Waals surface area contributed by atoms with Crippen molar-refractivity contribution >= 4 is 22.2 Å². The Bertz CT molecular complexity index is 524. The summed E-state index contributed by atoms with van der Waals surface area (Å²) in [5, 5.41) is 8.45. The molecule has 0 unspecified atom stereocenters. The molecule has 0 aliphatic heterocycles. The third-order valence-corrected chi connectivity index (χ3v) is 1.83. The Hall–Kier alpha value is -2.04. The molecule has 0 saturated heterocycles. The molecule has 0 saturated carbocycles. The van der Waals surface area contributed by atoms with E-state index >= 15 is 0 Å². The Labute approximate surface area is 72.4 Å². The van der Waals surface area contributed by atoms with Crippen molar-refractivity contribution in [2.75, 3.05) is 0 Å². The summed E-state index contributed by atoms with van der Waals surface area (Å²) >= 11 is 0. The predicted molar refractivity (Wildman–Crippen MR) is 44.9 cm³/mol. The van der Waals surface area contributed by atoms with Gasteiger partial charge in [0, 0.05) is 12.4 Å². The van der Waals surface area contributed by atoms with Crippen LogP contribution >= 0.6 is 0 Å². The molecule has 0 aliphatic carbocycles. The van der Waals surface area contributed by atoms with Crippen molar-refractivity contribution in [1.82, 2.24) is 20.2 Å². The van der Waals surface area contributed by atoms with Crippen LogP contribution in [0.3, 0.4) is 0 Å². The van der Waals surface area contributed by atoms with Gasteiger partial charge in [0.1, 0.15) is 11.9 Å². The van der Waals surface area contributed by atoms with E-state index in [1.165, 1.54) is 6.33 Å². The minimum absolute atomic E-state index is 0.498. The molecule has 3 aromatic heterocycles. The Morgan fingerprint density at radius 1 is 1.31 bits per heavy atom. The van der Waals surface area contributed by atoms with Gasteiger partial charge in [-0.25, -0.2) is 0 Å². The average molecular weight is 172 g/mol. The standard InChI is InChI=1S/C8H4N4O/c1-2-9-3-5-6(1)13-8-7(5)12-11-4-10-8/h1-4H. The van der Waals surface area contributed by atoms with Gasteiger partial charge in [-0.1, -0.05) is 0 Å². The van der Waals surface area contributed by atoms with Crippen molar-refractivity contribution in [2.45, 2.75) is 0 Å². The van der Waals surface area contributed by atoms with E-state index in [0.717, 1.165) is 11.0 Å². The maximum atomic E-state index is 5.40. The molecule has 5 heteroatoms. The summed E-state index contributed by atoms with van der Waals surface area (Å²) in [4.78, 5) is 7.93. The molecule has 0 N–H and O–H groups in total. The van der Waals surface area contributed by atoms with Gasteiger partial charge in [0.05, 0.1) is 5.39 Å². The second-order valence-corrected chi connectivity index (χ2v) is 2.59. The SMILES string of the molecule is c1cc2oc3ncnnc3c2cn1. The normalized spacial score (nSPS) is 11.1. The smallest absolute Gasteiger partial charge is 0.249 e. The minimum Gasteiger partial charge on any atom is -0.436 e. The van der Waals surface area contributed by atoms with Gasteiger partial charge in [-0.05, 0) is 6.07 Å². The lowest BCUT2D eigenvalue weighted by Gasteiger charge is -1.82. The van der Waals surface area contributed by atoms with Gasteiger partial charge in [-0.15, -0.1) is 10.2 Å². The van der Waals surface area contributed by atoms with E-state index < -0.39 is 0 Å². The molecule has 3 heterocycles. The monoisotopic (exact) mass is 172 g/mol. The Morgan fingerprint density at radius 3 is 3.31 bits per heavy atom. The first-order chi connectivity index (χ1) is 6.45. The van der Waals surface area contributed by atoms with Crippen LogP contribution in [0.15, 0.2) is 29.2 Å². The summed E-state index contributed by atoms with van der Waals surface area (Å²) in [6.45, 7) is 0. The molecule has 0 spiro atoms. The third-order valence-electron chi connectivity index (χ3n) is 1.83. The number of fused-ring (bicyclic) bond motifs is 3. The van der Waals surface area contributed by atoms with Crippen molar-refractivity contribution in [1.29, 1.82) is 0 Å². The van der Waals surface area contributed by atoms with E-state index in [1.807, 2.05) is 0 Å². The van der Waals surface area contributed by atoms with Crippen LogP contribution in [0.4, 0.5) is 0 Å². The first-order valence-electron chi connectivity index (χ1n) is 3.75. The molecule has 0 aliphatic rings. The molecular formula is C8H4N4O. The zero-order chi connectivity index (χ0) is 8.67. The fourth-order valence-corrected chi connectivity index (χ4v) is 1.26. The molecule has 13 heavy (non-hydrogen) atoms. The van der Waals surface area contributed by atoms with Gasteiger partial charge >= 0.3 is 0 Å². The highest BCUT2D eigenvalue weighted by molar-refractivity contribution is 5.99. The van der Waals surface area contributed by atoms with Gasteiger partial charge in [-0.2, -0.15) is 4.98 Å². The zero-order valence-corrected chi connectivity index (χ0v) is 6.51. The van der Waals surface area contributed by atoms with Crippen LogP contribution in [-0.2, 0) is 0 Å². The van der Waals surface area contributed by atoms with Gasteiger partial charge in [0.2, 0.25) is 5.71 Å². The Balaban J connectivity index is 2.64. The summed E-state index contributed by atoms with van der Waals surface area (Å²) in [6, 6.07) is 1.78. The second kappa shape index (κ2) is 2.22. The van der Waals surface area contributed by atoms with Crippen LogP contribution in [0.25, 0.3) is 22.2 Å². The fourth-order valence-electron chi connectivity index (χ4n) is 1.26. The van der Waals surface area contributed by atoms with E-state index in [0.29, 0.717) is 11.2 Å². The number of furan rings is 1. The lowest BCUT2D eigenvalue weighted by atomic mass is 10.3. The molecule has 0 bridgehead atoms. The molecule has 0 amide bonds. The van der Waals surface area contributed by atoms with Crippen LogP contribution in [-0.4, -0.2) is 20.2 Å². The van der Waals surface area contributed by atoms with Gasteiger partial charge in [-0.3, -0.25) is 4.98 Å². The highest BCUT2D eigenvalue weighted by atomic mass is 16.3. The maximum absolute atomic E-state index is 5.40. The summed E-state index contributed by atoms with van der Waals surface area (Å²) in [7, 11) is 0. The summed E-state index contributed by atoms with van der Waals surface area (Å²) in [5.74, 6) is 0. The summed E-state index contributed by atoms with van der Waals surface area (Å²) in [6.07, 6.45) is 4.72. The fraction of sp³-hybridized carbons (Fsp3) is 0. The third kappa shape index (κ3) is 0.807. The average Bonchev–Trinajstić information content (AvgIpc) is 2.56. The van der Waals surface area contributed by atoms with Crippen LogP contribution in [0.2, 0.25) is 0 Å². The Kier molecular flexibility index (Phi) is 1.11. The van der Waals surface area contributed by atoms with Crippen LogP contribution in [0, 0.1) is 0 Å². The maximum Gasteiger partial charge on any atom is 0.249 e. The quantitative estimate of drug-likeness (QED) is 0.509.